The minimum absolute atomic E-state index is 0.0998. The van der Waals surface area contributed by atoms with Gasteiger partial charge in [0.05, 0.1) is 15.9 Å². The topological polar surface area (TPSA) is 49.7 Å². The molecule has 2 aliphatic heterocycles. The van der Waals surface area contributed by atoms with Crippen molar-refractivity contribution in [1.82, 2.24) is 4.90 Å². The van der Waals surface area contributed by atoms with Gasteiger partial charge >= 0.3 is 0 Å². The second kappa shape index (κ2) is 8.09. The summed E-state index contributed by atoms with van der Waals surface area (Å²) in [7, 11) is 0. The molecular weight excluding hydrogens is 356 g/mol. The number of benzene rings is 1. The van der Waals surface area contributed by atoms with E-state index in [1.54, 1.807) is 0 Å². The van der Waals surface area contributed by atoms with Gasteiger partial charge in [-0.1, -0.05) is 43.2 Å². The minimum Gasteiger partial charge on any atom is -0.339 e. The van der Waals surface area contributed by atoms with Gasteiger partial charge in [-0.2, -0.15) is 0 Å². The maximum absolute atomic E-state index is 12.7. The number of aliphatic imine (C=N–C) groups is 1. The van der Waals surface area contributed by atoms with Gasteiger partial charge in [-0.25, -0.2) is 4.99 Å². The molecule has 1 unspecified atom stereocenters. The first-order valence-electron chi connectivity index (χ1n) is 9.46. The fourth-order valence-electron chi connectivity index (χ4n) is 3.50. The van der Waals surface area contributed by atoms with Crippen molar-refractivity contribution in [2.75, 3.05) is 13.1 Å². The van der Waals surface area contributed by atoms with Gasteiger partial charge in [0, 0.05) is 18.7 Å². The SMILES string of the molecule is O=C1N=C2C=CC=CC2S/C1=C/c1ccc(C(=O)N2CCCCCC2)cc1. The molecule has 2 amide bonds. The quantitative estimate of drug-likeness (QED) is 0.723. The highest BCUT2D eigenvalue weighted by atomic mass is 32.2. The first kappa shape index (κ1) is 18.0. The van der Waals surface area contributed by atoms with Crippen molar-refractivity contribution in [3.63, 3.8) is 0 Å². The maximum atomic E-state index is 12.7. The van der Waals surface area contributed by atoms with Crippen LogP contribution in [0.3, 0.4) is 0 Å². The average Bonchev–Trinajstić information content (AvgIpc) is 2.98. The summed E-state index contributed by atoms with van der Waals surface area (Å²) in [5, 5.41) is 0.0998. The number of hydrogen-bond donors (Lipinski definition) is 0. The van der Waals surface area contributed by atoms with Crippen molar-refractivity contribution in [3.8, 4) is 0 Å². The zero-order chi connectivity index (χ0) is 18.6. The Hall–Kier alpha value is -2.40. The van der Waals surface area contributed by atoms with Crippen LogP contribution in [0.1, 0.15) is 41.6 Å². The number of fused-ring (bicyclic) bond motifs is 1. The first-order valence-corrected chi connectivity index (χ1v) is 10.3. The highest BCUT2D eigenvalue weighted by molar-refractivity contribution is 8.05. The van der Waals surface area contributed by atoms with E-state index in [4.69, 9.17) is 0 Å². The fraction of sp³-hybridized carbons (Fsp3) is 0.318. The van der Waals surface area contributed by atoms with E-state index in [0.717, 1.165) is 37.2 Å². The van der Waals surface area contributed by atoms with Crippen LogP contribution in [0.15, 0.2) is 58.5 Å². The molecule has 1 aromatic rings. The molecule has 1 aromatic carbocycles. The number of allylic oxidation sites excluding steroid dienone is 3. The molecule has 1 atom stereocenters. The van der Waals surface area contributed by atoms with Gasteiger partial charge in [-0.3, -0.25) is 9.59 Å². The van der Waals surface area contributed by atoms with E-state index in [9.17, 15) is 9.59 Å². The Kier molecular flexibility index (Phi) is 5.39. The highest BCUT2D eigenvalue weighted by Crippen LogP contribution is 2.33. The molecule has 27 heavy (non-hydrogen) atoms. The molecule has 1 saturated heterocycles. The van der Waals surface area contributed by atoms with E-state index in [0.29, 0.717) is 10.5 Å². The number of likely N-dealkylation sites (tertiary alicyclic amines) is 1. The van der Waals surface area contributed by atoms with Crippen molar-refractivity contribution in [2.45, 2.75) is 30.9 Å². The second-order valence-electron chi connectivity index (χ2n) is 6.96. The summed E-state index contributed by atoms with van der Waals surface area (Å²) in [6.45, 7) is 1.69. The van der Waals surface area contributed by atoms with Gasteiger partial charge in [-0.15, -0.1) is 11.8 Å². The lowest BCUT2D eigenvalue weighted by Crippen LogP contribution is -2.31. The molecule has 0 radical (unpaired) electrons. The monoisotopic (exact) mass is 378 g/mol. The summed E-state index contributed by atoms with van der Waals surface area (Å²) < 4.78 is 0. The van der Waals surface area contributed by atoms with Crippen LogP contribution in [0.4, 0.5) is 0 Å². The predicted octanol–water partition coefficient (Wildman–Crippen LogP) is 4.25. The van der Waals surface area contributed by atoms with E-state index in [1.165, 1.54) is 24.6 Å². The predicted molar refractivity (Wildman–Crippen MR) is 111 cm³/mol. The summed E-state index contributed by atoms with van der Waals surface area (Å²) in [4.78, 5) is 31.7. The van der Waals surface area contributed by atoms with Crippen molar-refractivity contribution < 1.29 is 9.59 Å². The summed E-state index contributed by atoms with van der Waals surface area (Å²) >= 11 is 1.52. The lowest BCUT2D eigenvalue weighted by molar-refractivity contribution is -0.113. The molecular formula is C22H22N2O2S. The van der Waals surface area contributed by atoms with Gasteiger partial charge in [0.2, 0.25) is 0 Å². The van der Waals surface area contributed by atoms with E-state index < -0.39 is 0 Å². The largest absolute Gasteiger partial charge is 0.339 e. The lowest BCUT2D eigenvalue weighted by Gasteiger charge is -2.21. The number of hydrogen-bond acceptors (Lipinski definition) is 3. The van der Waals surface area contributed by atoms with E-state index in [1.807, 2.05) is 59.5 Å². The van der Waals surface area contributed by atoms with E-state index in [-0.39, 0.29) is 17.1 Å². The molecule has 0 bridgehead atoms. The van der Waals surface area contributed by atoms with Crippen molar-refractivity contribution in [1.29, 1.82) is 0 Å². The smallest absolute Gasteiger partial charge is 0.283 e. The van der Waals surface area contributed by atoms with Crippen molar-refractivity contribution in [2.24, 2.45) is 4.99 Å². The maximum Gasteiger partial charge on any atom is 0.283 e. The molecule has 3 aliphatic rings. The van der Waals surface area contributed by atoms with E-state index >= 15 is 0 Å². The molecule has 4 rings (SSSR count). The van der Waals surface area contributed by atoms with Crippen LogP contribution in [0.2, 0.25) is 0 Å². The lowest BCUT2D eigenvalue weighted by atomic mass is 10.1. The summed E-state index contributed by atoms with van der Waals surface area (Å²) in [6.07, 6.45) is 14.3. The highest BCUT2D eigenvalue weighted by Gasteiger charge is 2.25. The van der Waals surface area contributed by atoms with Crippen LogP contribution in [0, 0.1) is 0 Å². The Labute approximate surface area is 163 Å². The number of amides is 2. The molecule has 1 aliphatic carbocycles. The van der Waals surface area contributed by atoms with Crippen LogP contribution in [0.25, 0.3) is 6.08 Å². The number of rotatable bonds is 2. The second-order valence-corrected chi connectivity index (χ2v) is 8.14. The third-order valence-electron chi connectivity index (χ3n) is 5.00. The van der Waals surface area contributed by atoms with Crippen LogP contribution in [-0.2, 0) is 4.79 Å². The van der Waals surface area contributed by atoms with Crippen LogP contribution in [0.5, 0.6) is 0 Å². The van der Waals surface area contributed by atoms with Crippen LogP contribution < -0.4 is 0 Å². The molecule has 1 fully saturated rings. The average molecular weight is 378 g/mol. The Balaban J connectivity index is 1.49. The summed E-state index contributed by atoms with van der Waals surface area (Å²) in [6, 6.07) is 7.52. The molecule has 0 saturated carbocycles. The van der Waals surface area contributed by atoms with Gasteiger partial charge in [0.1, 0.15) is 0 Å². The van der Waals surface area contributed by atoms with Gasteiger partial charge in [-0.05, 0) is 42.7 Å². The first-order chi connectivity index (χ1) is 13.2. The number of carbonyl (C=O) groups excluding carboxylic acids is 2. The number of thioether (sulfide) groups is 1. The molecule has 0 spiro atoms. The molecule has 5 heteroatoms. The van der Waals surface area contributed by atoms with Gasteiger partial charge in [0.25, 0.3) is 11.8 Å². The third-order valence-corrected chi connectivity index (χ3v) is 6.20. The Morgan fingerprint density at radius 1 is 1.07 bits per heavy atom. The number of nitrogens with zero attached hydrogens (tertiary/aromatic N) is 2. The standard InChI is InChI=1S/C22H22N2O2S/c25-21-20(27-19-8-4-3-7-18(19)23-21)15-16-9-11-17(12-10-16)22(26)24-13-5-1-2-6-14-24/h3-4,7-12,15,19H,1-2,5-6,13-14H2/b20-15+. The fourth-order valence-corrected chi connectivity index (χ4v) is 4.54. The molecule has 0 N–H and O–H groups in total. The normalized spacial score (nSPS) is 23.8. The van der Waals surface area contributed by atoms with Crippen molar-refractivity contribution >= 4 is 35.4 Å². The molecule has 2 heterocycles. The Morgan fingerprint density at radius 3 is 2.56 bits per heavy atom. The van der Waals surface area contributed by atoms with Gasteiger partial charge in [0.15, 0.2) is 0 Å². The zero-order valence-electron chi connectivity index (χ0n) is 15.1. The third kappa shape index (κ3) is 4.14. The van der Waals surface area contributed by atoms with Crippen LogP contribution >= 0.6 is 11.8 Å². The Bertz CT molecular complexity index is 857. The van der Waals surface area contributed by atoms with Crippen LogP contribution in [-0.4, -0.2) is 40.8 Å². The zero-order valence-corrected chi connectivity index (χ0v) is 16.0. The number of carbonyl (C=O) groups is 2. The van der Waals surface area contributed by atoms with Crippen molar-refractivity contribution in [3.05, 3.63) is 64.6 Å². The van der Waals surface area contributed by atoms with Gasteiger partial charge < -0.3 is 4.90 Å². The molecule has 0 aromatic heterocycles. The Morgan fingerprint density at radius 2 is 1.81 bits per heavy atom. The summed E-state index contributed by atoms with van der Waals surface area (Å²) in [5.41, 5.74) is 2.43. The summed E-state index contributed by atoms with van der Waals surface area (Å²) in [5.74, 6) is -0.0940. The minimum atomic E-state index is -0.198. The molecule has 4 nitrogen and oxygen atoms in total. The molecule has 138 valence electrons. The van der Waals surface area contributed by atoms with E-state index in [2.05, 4.69) is 4.99 Å².